The Kier molecular flexibility index (Phi) is 4.19. The highest BCUT2D eigenvalue weighted by Gasteiger charge is 2.03. The van der Waals surface area contributed by atoms with Gasteiger partial charge in [0, 0.05) is 0 Å². The zero-order chi connectivity index (χ0) is 10.6. The van der Waals surface area contributed by atoms with Crippen molar-refractivity contribution in [2.45, 2.75) is 53.4 Å². The number of rotatable bonds is 4. The first kappa shape index (κ1) is 11.3. The van der Waals surface area contributed by atoms with Gasteiger partial charge in [0.15, 0.2) is 0 Å². The van der Waals surface area contributed by atoms with Crippen LogP contribution in [-0.4, -0.2) is 0 Å². The molecule has 0 saturated carbocycles. The van der Waals surface area contributed by atoms with Gasteiger partial charge in [-0.1, -0.05) is 38.8 Å². The molecule has 0 nitrogen and oxygen atoms in total. The molecule has 0 aromatic heterocycles. The van der Waals surface area contributed by atoms with Crippen LogP contribution in [0.15, 0.2) is 12.1 Å². The highest BCUT2D eigenvalue weighted by Crippen LogP contribution is 2.19. The fourth-order valence-corrected chi connectivity index (χ4v) is 1.94. The first-order chi connectivity index (χ1) is 6.69. The second kappa shape index (κ2) is 5.19. The SMILES string of the molecule is CCCc1cc(C)c(C)cc1CCC. The van der Waals surface area contributed by atoms with E-state index in [-0.39, 0.29) is 0 Å². The van der Waals surface area contributed by atoms with Crippen LogP contribution in [0.2, 0.25) is 0 Å². The van der Waals surface area contributed by atoms with Crippen LogP contribution in [0.4, 0.5) is 0 Å². The summed E-state index contributed by atoms with van der Waals surface area (Å²) >= 11 is 0. The summed E-state index contributed by atoms with van der Waals surface area (Å²) in [6.07, 6.45) is 4.96. The van der Waals surface area contributed by atoms with Gasteiger partial charge in [-0.05, 0) is 48.9 Å². The second-order valence-electron chi connectivity index (χ2n) is 4.21. The molecule has 0 aliphatic carbocycles. The quantitative estimate of drug-likeness (QED) is 0.667. The largest absolute Gasteiger partial charge is 0.0651 e. The zero-order valence-corrected chi connectivity index (χ0v) is 9.98. The van der Waals surface area contributed by atoms with Gasteiger partial charge in [0.2, 0.25) is 0 Å². The van der Waals surface area contributed by atoms with Crippen molar-refractivity contribution >= 4 is 0 Å². The van der Waals surface area contributed by atoms with Crippen LogP contribution in [0.25, 0.3) is 0 Å². The van der Waals surface area contributed by atoms with Crippen molar-refractivity contribution in [3.8, 4) is 0 Å². The van der Waals surface area contributed by atoms with Crippen LogP contribution < -0.4 is 0 Å². The molecule has 0 N–H and O–H groups in total. The number of benzene rings is 1. The summed E-state index contributed by atoms with van der Waals surface area (Å²) in [6, 6.07) is 4.76. The molecule has 0 aliphatic heterocycles. The molecule has 0 bridgehead atoms. The van der Waals surface area contributed by atoms with E-state index >= 15 is 0 Å². The minimum atomic E-state index is 1.23. The van der Waals surface area contributed by atoms with Crippen molar-refractivity contribution in [3.63, 3.8) is 0 Å². The molecule has 0 radical (unpaired) electrons. The van der Waals surface area contributed by atoms with E-state index in [1.165, 1.54) is 36.8 Å². The Morgan fingerprint density at radius 1 is 0.786 bits per heavy atom. The first-order valence-corrected chi connectivity index (χ1v) is 5.78. The Balaban J connectivity index is 3.03. The number of hydrogen-bond acceptors (Lipinski definition) is 0. The summed E-state index contributed by atoms with van der Waals surface area (Å²) in [5.41, 5.74) is 6.01. The van der Waals surface area contributed by atoms with Gasteiger partial charge in [-0.15, -0.1) is 0 Å². The van der Waals surface area contributed by atoms with E-state index in [0.29, 0.717) is 0 Å². The molecule has 0 fully saturated rings. The van der Waals surface area contributed by atoms with E-state index in [2.05, 4.69) is 39.8 Å². The summed E-state index contributed by atoms with van der Waals surface area (Å²) in [5.74, 6) is 0. The van der Waals surface area contributed by atoms with Gasteiger partial charge in [0.25, 0.3) is 0 Å². The van der Waals surface area contributed by atoms with E-state index in [9.17, 15) is 0 Å². The lowest BCUT2D eigenvalue weighted by Gasteiger charge is -2.11. The van der Waals surface area contributed by atoms with Crippen LogP contribution in [0.1, 0.15) is 48.9 Å². The molecule has 0 spiro atoms. The molecular formula is C14H22. The molecule has 1 rings (SSSR count). The minimum absolute atomic E-state index is 1.23. The summed E-state index contributed by atoms with van der Waals surface area (Å²) in [5, 5.41) is 0. The smallest absolute Gasteiger partial charge is 0.0279 e. The average Bonchev–Trinajstić information content (AvgIpc) is 2.14. The third kappa shape index (κ3) is 2.60. The lowest BCUT2D eigenvalue weighted by Crippen LogP contribution is -1.96. The van der Waals surface area contributed by atoms with Gasteiger partial charge < -0.3 is 0 Å². The molecular weight excluding hydrogens is 168 g/mol. The van der Waals surface area contributed by atoms with Crippen molar-refractivity contribution < 1.29 is 0 Å². The molecule has 1 aromatic carbocycles. The van der Waals surface area contributed by atoms with E-state index in [0.717, 1.165) is 0 Å². The van der Waals surface area contributed by atoms with Gasteiger partial charge in [0.1, 0.15) is 0 Å². The zero-order valence-electron chi connectivity index (χ0n) is 9.98. The van der Waals surface area contributed by atoms with Crippen LogP contribution in [0.5, 0.6) is 0 Å². The predicted octanol–water partition coefficient (Wildman–Crippen LogP) is 4.21. The lowest BCUT2D eigenvalue weighted by molar-refractivity contribution is 0.857. The first-order valence-electron chi connectivity index (χ1n) is 5.78. The Morgan fingerprint density at radius 3 is 1.43 bits per heavy atom. The second-order valence-corrected chi connectivity index (χ2v) is 4.21. The van der Waals surface area contributed by atoms with E-state index in [1.807, 2.05) is 0 Å². The van der Waals surface area contributed by atoms with Gasteiger partial charge >= 0.3 is 0 Å². The van der Waals surface area contributed by atoms with E-state index in [4.69, 9.17) is 0 Å². The summed E-state index contributed by atoms with van der Waals surface area (Å²) < 4.78 is 0. The van der Waals surface area contributed by atoms with Crippen molar-refractivity contribution in [2.75, 3.05) is 0 Å². The van der Waals surface area contributed by atoms with Crippen LogP contribution >= 0.6 is 0 Å². The maximum Gasteiger partial charge on any atom is -0.0279 e. The Bertz CT molecular complexity index is 266. The molecule has 0 atom stereocenters. The molecule has 14 heavy (non-hydrogen) atoms. The van der Waals surface area contributed by atoms with Crippen LogP contribution in [0, 0.1) is 13.8 Å². The fraction of sp³-hybridized carbons (Fsp3) is 0.571. The maximum atomic E-state index is 2.38. The molecule has 0 unspecified atom stereocenters. The third-order valence-corrected chi connectivity index (χ3v) is 2.85. The third-order valence-electron chi connectivity index (χ3n) is 2.85. The van der Waals surface area contributed by atoms with Crippen molar-refractivity contribution in [3.05, 3.63) is 34.4 Å². The van der Waals surface area contributed by atoms with Crippen LogP contribution in [0.3, 0.4) is 0 Å². The Morgan fingerprint density at radius 2 is 1.14 bits per heavy atom. The Labute approximate surface area is 88.4 Å². The molecule has 78 valence electrons. The molecule has 0 heterocycles. The summed E-state index contributed by atoms with van der Waals surface area (Å²) in [6.45, 7) is 8.93. The number of aryl methyl sites for hydroxylation is 4. The van der Waals surface area contributed by atoms with E-state index < -0.39 is 0 Å². The summed E-state index contributed by atoms with van der Waals surface area (Å²) in [4.78, 5) is 0. The maximum absolute atomic E-state index is 2.38. The van der Waals surface area contributed by atoms with Gasteiger partial charge in [-0.2, -0.15) is 0 Å². The topological polar surface area (TPSA) is 0 Å². The molecule has 0 heteroatoms. The lowest BCUT2D eigenvalue weighted by atomic mass is 9.94. The fourth-order valence-electron chi connectivity index (χ4n) is 1.94. The minimum Gasteiger partial charge on any atom is -0.0651 e. The number of hydrogen-bond donors (Lipinski definition) is 0. The van der Waals surface area contributed by atoms with Crippen molar-refractivity contribution in [1.29, 1.82) is 0 Å². The van der Waals surface area contributed by atoms with Gasteiger partial charge in [-0.3, -0.25) is 0 Å². The predicted molar refractivity (Wildman–Crippen MR) is 63.9 cm³/mol. The molecule has 0 saturated heterocycles. The molecule has 0 amide bonds. The summed E-state index contributed by atoms with van der Waals surface area (Å²) in [7, 11) is 0. The standard InChI is InChI=1S/C14H22/c1-5-7-13-9-11(3)12(4)10-14(13)8-6-2/h9-10H,5-8H2,1-4H3. The van der Waals surface area contributed by atoms with Gasteiger partial charge in [-0.25, -0.2) is 0 Å². The van der Waals surface area contributed by atoms with E-state index in [1.54, 1.807) is 11.1 Å². The molecule has 0 aliphatic rings. The van der Waals surface area contributed by atoms with Crippen LogP contribution in [-0.2, 0) is 12.8 Å². The Hall–Kier alpha value is -0.780. The van der Waals surface area contributed by atoms with Crippen molar-refractivity contribution in [1.82, 2.24) is 0 Å². The monoisotopic (exact) mass is 190 g/mol. The highest BCUT2D eigenvalue weighted by molar-refractivity contribution is 5.37. The average molecular weight is 190 g/mol. The highest BCUT2D eigenvalue weighted by atomic mass is 14.1. The normalized spacial score (nSPS) is 10.6. The van der Waals surface area contributed by atoms with Crippen molar-refractivity contribution in [2.24, 2.45) is 0 Å². The van der Waals surface area contributed by atoms with Gasteiger partial charge in [0.05, 0.1) is 0 Å². The molecule has 1 aromatic rings.